The Balaban J connectivity index is 2.01. The van der Waals surface area contributed by atoms with Crippen LogP contribution in [0.25, 0.3) is 0 Å². The summed E-state index contributed by atoms with van der Waals surface area (Å²) in [5.74, 6) is 0.869. The van der Waals surface area contributed by atoms with Crippen LogP contribution >= 0.6 is 15.9 Å². The Hall–Kier alpha value is -1.80. The van der Waals surface area contributed by atoms with Gasteiger partial charge in [0.05, 0.1) is 18.8 Å². The van der Waals surface area contributed by atoms with E-state index in [0.717, 1.165) is 23.5 Å². The molecule has 2 aromatic rings. The van der Waals surface area contributed by atoms with Crippen LogP contribution in [0.2, 0.25) is 0 Å². The first-order valence-corrected chi connectivity index (χ1v) is 8.98. The van der Waals surface area contributed by atoms with Crippen LogP contribution in [0.1, 0.15) is 17.3 Å². The number of guanidine groups is 1. The molecule has 0 amide bonds. The zero-order valence-electron chi connectivity index (χ0n) is 15.9. The molecule has 25 heavy (non-hydrogen) atoms. The number of halogens is 1. The van der Waals surface area contributed by atoms with Gasteiger partial charge >= 0.3 is 0 Å². The van der Waals surface area contributed by atoms with Crippen molar-refractivity contribution in [2.75, 3.05) is 34.7 Å². The molecule has 8 heteroatoms. The Morgan fingerprint density at radius 3 is 2.52 bits per heavy atom. The van der Waals surface area contributed by atoms with E-state index in [0.29, 0.717) is 0 Å². The topological polar surface area (TPSA) is 53.6 Å². The molecule has 2 heterocycles. The van der Waals surface area contributed by atoms with Crippen molar-refractivity contribution in [2.24, 2.45) is 19.1 Å². The third kappa shape index (κ3) is 5.09. The zero-order valence-corrected chi connectivity index (χ0v) is 17.4. The number of aliphatic imine (C=N–C) groups is 1. The fourth-order valence-corrected chi connectivity index (χ4v) is 3.40. The summed E-state index contributed by atoms with van der Waals surface area (Å²) >= 11 is 3.52. The van der Waals surface area contributed by atoms with E-state index in [1.54, 1.807) is 0 Å². The molecule has 0 saturated carbocycles. The van der Waals surface area contributed by atoms with Crippen molar-refractivity contribution in [2.45, 2.75) is 12.6 Å². The molecule has 0 aromatic carbocycles. The molecule has 0 fully saturated rings. The predicted molar refractivity (Wildman–Crippen MR) is 106 cm³/mol. The van der Waals surface area contributed by atoms with Gasteiger partial charge in [-0.25, -0.2) is 0 Å². The van der Waals surface area contributed by atoms with Crippen LogP contribution in [0.5, 0.6) is 0 Å². The van der Waals surface area contributed by atoms with Gasteiger partial charge in [-0.05, 0) is 36.1 Å². The number of hydrogen-bond acceptors (Lipinski definition) is 3. The molecule has 1 unspecified atom stereocenters. The maximum atomic E-state index is 4.42. The van der Waals surface area contributed by atoms with Crippen LogP contribution < -0.4 is 5.32 Å². The molecule has 0 radical (unpaired) electrons. The molecule has 2 aromatic heterocycles. The van der Waals surface area contributed by atoms with Gasteiger partial charge in [0, 0.05) is 62.9 Å². The van der Waals surface area contributed by atoms with Crippen LogP contribution in [-0.2, 0) is 20.6 Å². The number of rotatable bonds is 6. The van der Waals surface area contributed by atoms with Gasteiger partial charge in [-0.1, -0.05) is 0 Å². The van der Waals surface area contributed by atoms with Crippen molar-refractivity contribution >= 4 is 21.9 Å². The standard InChI is InChI=1S/C17H28BrN7/c1-19-17(24(5)12-15-7-14(18)11-23(15)4)20-9-16(22(2)3)13-8-21-25(6)10-13/h7-8,10-11,16H,9,12H2,1-6H3,(H,19,20). The van der Waals surface area contributed by atoms with Crippen molar-refractivity contribution in [3.05, 3.63) is 40.4 Å². The van der Waals surface area contributed by atoms with Gasteiger partial charge in [0.1, 0.15) is 0 Å². The molecular formula is C17H28BrN7. The van der Waals surface area contributed by atoms with E-state index in [-0.39, 0.29) is 6.04 Å². The van der Waals surface area contributed by atoms with Crippen LogP contribution in [0.15, 0.2) is 34.1 Å². The lowest BCUT2D eigenvalue weighted by Gasteiger charge is -2.27. The molecule has 0 aliphatic heterocycles. The molecule has 0 aliphatic carbocycles. The average Bonchev–Trinajstić information content (AvgIpc) is 3.09. The van der Waals surface area contributed by atoms with E-state index in [1.807, 2.05) is 32.0 Å². The highest BCUT2D eigenvalue weighted by atomic mass is 79.9. The number of aromatic nitrogens is 3. The zero-order chi connectivity index (χ0) is 18.6. The second-order valence-corrected chi connectivity index (χ2v) is 7.39. The van der Waals surface area contributed by atoms with E-state index in [4.69, 9.17) is 0 Å². The highest BCUT2D eigenvalue weighted by molar-refractivity contribution is 9.10. The van der Waals surface area contributed by atoms with Crippen LogP contribution in [-0.4, -0.2) is 64.8 Å². The second-order valence-electron chi connectivity index (χ2n) is 6.47. The molecule has 0 bridgehead atoms. The first kappa shape index (κ1) is 19.5. The first-order valence-electron chi connectivity index (χ1n) is 8.19. The summed E-state index contributed by atoms with van der Waals surface area (Å²) in [4.78, 5) is 8.73. The van der Waals surface area contributed by atoms with E-state index < -0.39 is 0 Å². The highest BCUT2D eigenvalue weighted by Gasteiger charge is 2.17. The number of aryl methyl sites for hydroxylation is 2. The first-order chi connectivity index (χ1) is 11.8. The number of nitrogens with one attached hydrogen (secondary N) is 1. The molecule has 1 N–H and O–H groups in total. The molecule has 0 spiro atoms. The summed E-state index contributed by atoms with van der Waals surface area (Å²) < 4.78 is 5.04. The lowest BCUT2D eigenvalue weighted by Crippen LogP contribution is -2.42. The van der Waals surface area contributed by atoms with E-state index in [1.165, 1.54) is 11.3 Å². The minimum Gasteiger partial charge on any atom is -0.354 e. The quantitative estimate of drug-likeness (QED) is 0.583. The molecule has 1 atom stereocenters. The van der Waals surface area contributed by atoms with Gasteiger partial charge in [-0.2, -0.15) is 5.10 Å². The van der Waals surface area contributed by atoms with Crippen molar-refractivity contribution in [1.29, 1.82) is 0 Å². The Morgan fingerprint density at radius 2 is 2.04 bits per heavy atom. The Labute approximate surface area is 158 Å². The molecule has 2 rings (SSSR count). The van der Waals surface area contributed by atoms with E-state index >= 15 is 0 Å². The summed E-state index contributed by atoms with van der Waals surface area (Å²) in [6, 6.07) is 2.35. The Kier molecular flexibility index (Phi) is 6.66. The number of likely N-dealkylation sites (N-methyl/N-ethyl adjacent to an activating group) is 1. The summed E-state index contributed by atoms with van der Waals surface area (Å²) in [5.41, 5.74) is 2.40. The molecule has 138 valence electrons. The molecule has 7 nitrogen and oxygen atoms in total. The van der Waals surface area contributed by atoms with Gasteiger partial charge in [0.15, 0.2) is 5.96 Å². The maximum Gasteiger partial charge on any atom is 0.193 e. The minimum atomic E-state index is 0.225. The fraction of sp³-hybridized carbons (Fsp3) is 0.529. The monoisotopic (exact) mass is 409 g/mol. The van der Waals surface area contributed by atoms with Gasteiger partial charge in [0.25, 0.3) is 0 Å². The van der Waals surface area contributed by atoms with Gasteiger partial charge in [-0.15, -0.1) is 0 Å². The lowest BCUT2D eigenvalue weighted by molar-refractivity contribution is 0.295. The average molecular weight is 410 g/mol. The normalized spacial score (nSPS) is 13.4. The summed E-state index contributed by atoms with van der Waals surface area (Å²) in [6.45, 7) is 1.54. The van der Waals surface area contributed by atoms with Crippen LogP contribution in [0.4, 0.5) is 0 Å². The fourth-order valence-electron chi connectivity index (χ4n) is 2.82. The number of hydrogen-bond donors (Lipinski definition) is 1. The lowest BCUT2D eigenvalue weighted by atomic mass is 10.1. The van der Waals surface area contributed by atoms with Gasteiger partial charge < -0.3 is 19.7 Å². The minimum absolute atomic E-state index is 0.225. The van der Waals surface area contributed by atoms with Crippen molar-refractivity contribution in [3.8, 4) is 0 Å². The third-order valence-corrected chi connectivity index (χ3v) is 4.67. The van der Waals surface area contributed by atoms with E-state index in [9.17, 15) is 0 Å². The third-order valence-electron chi connectivity index (χ3n) is 4.23. The maximum absolute atomic E-state index is 4.42. The SMILES string of the molecule is CN=C(NCC(c1cnn(C)c1)N(C)C)N(C)Cc1cc(Br)cn1C. The van der Waals surface area contributed by atoms with Crippen LogP contribution in [0, 0.1) is 0 Å². The van der Waals surface area contributed by atoms with Crippen molar-refractivity contribution in [3.63, 3.8) is 0 Å². The summed E-state index contributed by atoms with van der Waals surface area (Å²) in [7, 11) is 12.0. The summed E-state index contributed by atoms with van der Waals surface area (Å²) in [5, 5.41) is 7.77. The smallest absolute Gasteiger partial charge is 0.193 e. The molecular weight excluding hydrogens is 382 g/mol. The van der Waals surface area contributed by atoms with Crippen molar-refractivity contribution < 1.29 is 0 Å². The molecule has 0 saturated heterocycles. The Morgan fingerprint density at radius 1 is 1.32 bits per heavy atom. The second kappa shape index (κ2) is 8.53. The summed E-state index contributed by atoms with van der Waals surface area (Å²) in [6.07, 6.45) is 6.03. The largest absolute Gasteiger partial charge is 0.354 e. The van der Waals surface area contributed by atoms with Gasteiger partial charge in [-0.3, -0.25) is 9.67 Å². The van der Waals surface area contributed by atoms with Crippen molar-refractivity contribution in [1.82, 2.24) is 29.5 Å². The van der Waals surface area contributed by atoms with Gasteiger partial charge in [0.2, 0.25) is 0 Å². The predicted octanol–water partition coefficient (Wildman–Crippen LogP) is 1.83. The molecule has 0 aliphatic rings. The Bertz CT molecular complexity index is 716. The van der Waals surface area contributed by atoms with E-state index in [2.05, 4.69) is 85.3 Å². The number of nitrogens with zero attached hydrogens (tertiary/aromatic N) is 6. The highest BCUT2D eigenvalue weighted by Crippen LogP contribution is 2.17. The van der Waals surface area contributed by atoms with Crippen LogP contribution in [0.3, 0.4) is 0 Å².